The van der Waals surface area contributed by atoms with E-state index >= 15 is 0 Å². The van der Waals surface area contributed by atoms with Crippen LogP contribution in [0.3, 0.4) is 0 Å². The van der Waals surface area contributed by atoms with Crippen LogP contribution in [0.2, 0.25) is 0 Å². The van der Waals surface area contributed by atoms with Crippen LogP contribution >= 0.6 is 0 Å². The first-order valence-electron chi connectivity index (χ1n) is 11.6. The zero-order valence-electron chi connectivity index (χ0n) is 20.9. The fourth-order valence-corrected chi connectivity index (χ4v) is 3.57. The van der Waals surface area contributed by atoms with Crippen molar-refractivity contribution in [3.63, 3.8) is 0 Å². The van der Waals surface area contributed by atoms with E-state index in [9.17, 15) is 4.79 Å². The summed E-state index contributed by atoms with van der Waals surface area (Å²) in [5, 5.41) is 0. The van der Waals surface area contributed by atoms with Crippen molar-refractivity contribution >= 4 is 18.2 Å². The maximum atomic E-state index is 12.2. The molecule has 1 fully saturated rings. The molecule has 1 aliphatic heterocycles. The molecule has 1 aliphatic rings. The minimum absolute atomic E-state index is 0.233. The van der Waals surface area contributed by atoms with Crippen molar-refractivity contribution in [3.05, 3.63) is 53.6 Å². The third-order valence-corrected chi connectivity index (χ3v) is 5.42. The summed E-state index contributed by atoms with van der Waals surface area (Å²) >= 11 is 0. The lowest BCUT2D eigenvalue weighted by molar-refractivity contribution is 0.0137. The highest BCUT2D eigenvalue weighted by Gasteiger charge is 2.25. The molecule has 0 aromatic heterocycles. The van der Waals surface area contributed by atoms with Gasteiger partial charge in [-0.2, -0.15) is 0 Å². The second kappa shape index (κ2) is 11.8. The first-order chi connectivity index (χ1) is 16.3. The molecule has 1 amide bonds. The van der Waals surface area contributed by atoms with Crippen LogP contribution in [0.15, 0.2) is 42.5 Å². The van der Waals surface area contributed by atoms with Gasteiger partial charge in [0, 0.05) is 38.8 Å². The Morgan fingerprint density at radius 1 is 0.853 bits per heavy atom. The van der Waals surface area contributed by atoms with E-state index in [1.807, 2.05) is 75.4 Å². The number of carbonyl (C=O) groups is 1. The average molecular weight is 469 g/mol. The minimum atomic E-state index is -0.462. The number of nitrogens with zero attached hydrogens (tertiary/aromatic N) is 2. The molecule has 0 saturated carbocycles. The van der Waals surface area contributed by atoms with Gasteiger partial charge >= 0.3 is 6.09 Å². The molecule has 2 aromatic rings. The van der Waals surface area contributed by atoms with Crippen molar-refractivity contribution in [1.82, 2.24) is 9.80 Å². The highest BCUT2D eigenvalue weighted by Crippen LogP contribution is 2.24. The number of ether oxygens (including phenoxy) is 4. The van der Waals surface area contributed by atoms with E-state index in [1.54, 1.807) is 19.1 Å². The number of rotatable bonds is 8. The van der Waals surface area contributed by atoms with Gasteiger partial charge in [0.05, 0.1) is 14.2 Å². The number of hydrogen-bond acceptors (Lipinski definition) is 6. The lowest BCUT2D eigenvalue weighted by atomic mass is 10.1. The summed E-state index contributed by atoms with van der Waals surface area (Å²) in [5.41, 5.74) is 1.62. The molecule has 0 unspecified atom stereocenters. The summed E-state index contributed by atoms with van der Waals surface area (Å²) in [6, 6.07) is 13.8. The third kappa shape index (κ3) is 7.99. The zero-order chi connectivity index (χ0) is 24.6. The van der Waals surface area contributed by atoms with E-state index in [2.05, 4.69) is 4.90 Å². The highest BCUT2D eigenvalue weighted by molar-refractivity contribution is 5.71. The van der Waals surface area contributed by atoms with Crippen LogP contribution in [0, 0.1) is 0 Å². The second-order valence-corrected chi connectivity index (χ2v) is 9.21. The zero-order valence-corrected chi connectivity index (χ0v) is 20.9. The molecule has 0 radical (unpaired) electrons. The predicted molar refractivity (Wildman–Crippen MR) is 135 cm³/mol. The van der Waals surface area contributed by atoms with Gasteiger partial charge in [0.2, 0.25) is 0 Å². The Hall–Kier alpha value is -3.19. The Morgan fingerprint density at radius 2 is 1.44 bits per heavy atom. The number of piperazine rings is 1. The maximum absolute atomic E-state index is 12.2. The maximum Gasteiger partial charge on any atom is 0.410 e. The van der Waals surface area contributed by atoms with Gasteiger partial charge in [0.25, 0.3) is 0 Å². The van der Waals surface area contributed by atoms with Crippen LogP contribution < -0.4 is 14.2 Å². The summed E-state index contributed by atoms with van der Waals surface area (Å²) in [5.74, 6) is 2.36. The van der Waals surface area contributed by atoms with Gasteiger partial charge in [-0.3, -0.25) is 4.90 Å². The van der Waals surface area contributed by atoms with Crippen LogP contribution in [-0.4, -0.2) is 75.0 Å². The minimum Gasteiger partial charge on any atom is -0.497 e. The normalized spacial score (nSPS) is 14.8. The van der Waals surface area contributed by atoms with E-state index in [-0.39, 0.29) is 6.09 Å². The lowest BCUT2D eigenvalue weighted by Crippen LogP contribution is -2.50. The van der Waals surface area contributed by atoms with E-state index < -0.39 is 5.60 Å². The molecule has 184 valence electrons. The molecule has 0 spiro atoms. The summed E-state index contributed by atoms with van der Waals surface area (Å²) < 4.78 is 22.0. The van der Waals surface area contributed by atoms with Crippen LogP contribution in [0.25, 0.3) is 12.2 Å². The van der Waals surface area contributed by atoms with Crippen molar-refractivity contribution in [1.29, 1.82) is 0 Å². The number of hydrogen-bond donors (Lipinski definition) is 0. The molecule has 0 atom stereocenters. The quantitative estimate of drug-likeness (QED) is 0.519. The molecule has 1 saturated heterocycles. The SMILES string of the molecule is COc1cc(/C=C/c2ccc(OCCN3CCN(C(=O)OC(C)(C)C)CC3)cc2)cc(OC)c1. The van der Waals surface area contributed by atoms with Crippen molar-refractivity contribution < 1.29 is 23.7 Å². The average Bonchev–Trinajstić information content (AvgIpc) is 2.82. The number of benzene rings is 2. The molecule has 7 nitrogen and oxygen atoms in total. The molecule has 34 heavy (non-hydrogen) atoms. The van der Waals surface area contributed by atoms with Crippen molar-refractivity contribution in [2.24, 2.45) is 0 Å². The Bertz CT molecular complexity index is 936. The fraction of sp³-hybridized carbons (Fsp3) is 0.444. The van der Waals surface area contributed by atoms with E-state index in [4.69, 9.17) is 18.9 Å². The van der Waals surface area contributed by atoms with Gasteiger partial charge in [-0.15, -0.1) is 0 Å². The molecule has 0 N–H and O–H groups in total. The molecule has 0 bridgehead atoms. The number of methoxy groups -OCH3 is 2. The molecular weight excluding hydrogens is 432 g/mol. The molecule has 0 aliphatic carbocycles. The number of amides is 1. The Balaban J connectivity index is 1.42. The van der Waals surface area contributed by atoms with Crippen molar-refractivity contribution in [2.45, 2.75) is 26.4 Å². The van der Waals surface area contributed by atoms with E-state index in [0.29, 0.717) is 19.7 Å². The van der Waals surface area contributed by atoms with Crippen LogP contribution in [0.5, 0.6) is 17.2 Å². The Labute approximate surface area is 202 Å². The Morgan fingerprint density at radius 3 is 2.00 bits per heavy atom. The largest absolute Gasteiger partial charge is 0.497 e. The van der Waals surface area contributed by atoms with Crippen LogP contribution in [-0.2, 0) is 4.74 Å². The van der Waals surface area contributed by atoms with Gasteiger partial charge in [0.15, 0.2) is 0 Å². The van der Waals surface area contributed by atoms with Crippen LogP contribution in [0.4, 0.5) is 4.79 Å². The fourth-order valence-electron chi connectivity index (χ4n) is 3.57. The Kier molecular flexibility index (Phi) is 8.82. The molecule has 3 rings (SSSR count). The van der Waals surface area contributed by atoms with Gasteiger partial charge in [-0.05, 0) is 56.2 Å². The predicted octanol–water partition coefficient (Wildman–Crippen LogP) is 4.81. The van der Waals surface area contributed by atoms with Crippen molar-refractivity contribution in [3.8, 4) is 17.2 Å². The van der Waals surface area contributed by atoms with Crippen LogP contribution in [0.1, 0.15) is 31.9 Å². The van der Waals surface area contributed by atoms with Gasteiger partial charge in [-0.25, -0.2) is 4.79 Å². The molecule has 2 aromatic carbocycles. The standard InChI is InChI=1S/C27H36N2O5/c1-27(2,3)34-26(30)29-14-12-28(13-15-29)16-17-33-23-10-8-21(9-11-23)6-7-22-18-24(31-4)20-25(19-22)32-5/h6-11,18-20H,12-17H2,1-5H3/b7-6+. The molecule has 7 heteroatoms. The molecular formula is C27H36N2O5. The van der Waals surface area contributed by atoms with Crippen molar-refractivity contribution in [2.75, 3.05) is 53.6 Å². The summed E-state index contributed by atoms with van der Waals surface area (Å²) in [7, 11) is 3.29. The first-order valence-corrected chi connectivity index (χ1v) is 11.6. The summed E-state index contributed by atoms with van der Waals surface area (Å²) in [4.78, 5) is 16.3. The van der Waals surface area contributed by atoms with E-state index in [0.717, 1.165) is 48.0 Å². The number of carbonyl (C=O) groups excluding carboxylic acids is 1. The van der Waals surface area contributed by atoms with Gasteiger partial charge < -0.3 is 23.8 Å². The summed E-state index contributed by atoms with van der Waals surface area (Å²) in [6.07, 6.45) is 3.84. The highest BCUT2D eigenvalue weighted by atomic mass is 16.6. The second-order valence-electron chi connectivity index (χ2n) is 9.21. The molecule has 1 heterocycles. The lowest BCUT2D eigenvalue weighted by Gasteiger charge is -2.35. The monoisotopic (exact) mass is 468 g/mol. The smallest absolute Gasteiger partial charge is 0.410 e. The van der Waals surface area contributed by atoms with Gasteiger partial charge in [-0.1, -0.05) is 24.3 Å². The third-order valence-electron chi connectivity index (χ3n) is 5.42. The van der Waals surface area contributed by atoms with Gasteiger partial charge in [0.1, 0.15) is 29.5 Å². The van der Waals surface area contributed by atoms with E-state index in [1.165, 1.54) is 0 Å². The topological polar surface area (TPSA) is 60.5 Å². The summed E-state index contributed by atoms with van der Waals surface area (Å²) in [6.45, 7) is 10.1. The first kappa shape index (κ1) is 25.4.